The van der Waals surface area contributed by atoms with Crippen molar-refractivity contribution in [3.05, 3.63) is 206 Å². The largest absolute Gasteiger partial charge is 0.248 e. The van der Waals surface area contributed by atoms with Gasteiger partial charge >= 0.3 is 0 Å². The van der Waals surface area contributed by atoms with Gasteiger partial charge in [-0.2, -0.15) is 0 Å². The van der Waals surface area contributed by atoms with E-state index in [1.54, 1.807) is 0 Å². The van der Waals surface area contributed by atoms with Gasteiger partial charge in [0, 0.05) is 27.8 Å². The van der Waals surface area contributed by atoms with Crippen molar-refractivity contribution in [1.82, 2.24) is 19.9 Å². The standard InChI is InChI=1S/C50H34N4/c1-6-16-35(17-7-1)37-26-28-41(29-27-37)49-52-48(40-24-14-5-15-25-40)53-50(54-49)45-31-42(36-18-8-2-9-19-36)30-43(32-45)44-33-46(38-20-10-3-11-21-38)51-47(34-44)39-22-12-4-13-23-39/h1-34H. The fourth-order valence-corrected chi connectivity index (χ4v) is 6.72. The summed E-state index contributed by atoms with van der Waals surface area (Å²) >= 11 is 0. The molecule has 4 heteroatoms. The van der Waals surface area contributed by atoms with Crippen molar-refractivity contribution in [2.45, 2.75) is 0 Å². The summed E-state index contributed by atoms with van der Waals surface area (Å²) in [6, 6.07) is 71.1. The van der Waals surface area contributed by atoms with E-state index in [1.807, 2.05) is 54.6 Å². The third-order valence-corrected chi connectivity index (χ3v) is 9.51. The van der Waals surface area contributed by atoms with Crippen molar-refractivity contribution < 1.29 is 0 Å². The van der Waals surface area contributed by atoms with Gasteiger partial charge in [-0.15, -0.1) is 0 Å². The summed E-state index contributed by atoms with van der Waals surface area (Å²) in [5.41, 5.74) is 13.2. The SMILES string of the molecule is c1ccc(-c2ccc(-c3nc(-c4ccccc4)nc(-c4cc(-c5ccccc5)cc(-c5cc(-c6ccccc6)nc(-c6ccccc6)c5)c4)n3)cc2)cc1. The maximum absolute atomic E-state index is 5.17. The Morgan fingerprint density at radius 2 is 0.463 bits per heavy atom. The van der Waals surface area contributed by atoms with E-state index in [0.717, 1.165) is 72.6 Å². The van der Waals surface area contributed by atoms with Crippen LogP contribution in [0.1, 0.15) is 0 Å². The molecule has 0 fully saturated rings. The van der Waals surface area contributed by atoms with E-state index < -0.39 is 0 Å². The molecule has 7 aromatic carbocycles. The average molecular weight is 691 g/mol. The Balaban J connectivity index is 1.24. The molecule has 0 radical (unpaired) electrons. The van der Waals surface area contributed by atoms with Crippen LogP contribution in [0.3, 0.4) is 0 Å². The van der Waals surface area contributed by atoms with Gasteiger partial charge in [0.2, 0.25) is 0 Å². The van der Waals surface area contributed by atoms with Crippen LogP contribution in [0, 0.1) is 0 Å². The van der Waals surface area contributed by atoms with Crippen LogP contribution in [0.15, 0.2) is 206 Å². The van der Waals surface area contributed by atoms with Crippen LogP contribution >= 0.6 is 0 Å². The molecule has 9 aromatic rings. The molecule has 54 heavy (non-hydrogen) atoms. The van der Waals surface area contributed by atoms with Crippen LogP contribution < -0.4 is 0 Å². The first-order valence-corrected chi connectivity index (χ1v) is 18.1. The van der Waals surface area contributed by atoms with Gasteiger partial charge in [0.05, 0.1) is 11.4 Å². The Kier molecular flexibility index (Phi) is 8.90. The maximum Gasteiger partial charge on any atom is 0.164 e. The number of hydrogen-bond donors (Lipinski definition) is 0. The minimum Gasteiger partial charge on any atom is -0.248 e. The topological polar surface area (TPSA) is 51.6 Å². The molecule has 254 valence electrons. The number of benzene rings is 7. The molecule has 0 saturated heterocycles. The minimum atomic E-state index is 0.602. The summed E-state index contributed by atoms with van der Waals surface area (Å²) in [7, 11) is 0. The summed E-state index contributed by atoms with van der Waals surface area (Å²) in [5, 5.41) is 0. The van der Waals surface area contributed by atoms with E-state index in [9.17, 15) is 0 Å². The molecule has 0 spiro atoms. The van der Waals surface area contributed by atoms with E-state index in [0.29, 0.717) is 17.5 Å². The minimum absolute atomic E-state index is 0.602. The lowest BCUT2D eigenvalue weighted by atomic mass is 9.94. The lowest BCUT2D eigenvalue weighted by Crippen LogP contribution is -2.00. The van der Waals surface area contributed by atoms with Crippen molar-refractivity contribution in [3.63, 3.8) is 0 Å². The van der Waals surface area contributed by atoms with Crippen LogP contribution in [0.2, 0.25) is 0 Å². The Hall–Kier alpha value is -7.30. The fraction of sp³-hybridized carbons (Fsp3) is 0. The fourth-order valence-electron chi connectivity index (χ4n) is 6.72. The molecule has 0 saturated carbocycles. The molecule has 0 atom stereocenters. The smallest absolute Gasteiger partial charge is 0.164 e. The summed E-state index contributed by atoms with van der Waals surface area (Å²) in [5.74, 6) is 1.84. The molecule has 0 bridgehead atoms. The van der Waals surface area contributed by atoms with Crippen LogP contribution in [0.25, 0.3) is 90.1 Å². The van der Waals surface area contributed by atoms with E-state index in [4.69, 9.17) is 19.9 Å². The Bertz CT molecular complexity index is 2600. The number of hydrogen-bond acceptors (Lipinski definition) is 4. The first-order valence-electron chi connectivity index (χ1n) is 18.1. The van der Waals surface area contributed by atoms with Gasteiger partial charge in [0.15, 0.2) is 17.5 Å². The predicted molar refractivity (Wildman–Crippen MR) is 221 cm³/mol. The molecule has 0 N–H and O–H groups in total. The molecule has 0 amide bonds. The van der Waals surface area contributed by atoms with Gasteiger partial charge < -0.3 is 0 Å². The zero-order valence-corrected chi connectivity index (χ0v) is 29.4. The second-order valence-corrected chi connectivity index (χ2v) is 13.1. The average Bonchev–Trinajstić information content (AvgIpc) is 3.27. The van der Waals surface area contributed by atoms with Gasteiger partial charge in [-0.1, -0.05) is 176 Å². The van der Waals surface area contributed by atoms with Gasteiger partial charge in [0.25, 0.3) is 0 Å². The highest BCUT2D eigenvalue weighted by molar-refractivity contribution is 5.83. The third-order valence-electron chi connectivity index (χ3n) is 9.51. The van der Waals surface area contributed by atoms with Crippen LogP contribution in [0.5, 0.6) is 0 Å². The first kappa shape index (κ1) is 32.6. The number of pyridine rings is 1. The second kappa shape index (κ2) is 14.7. The normalized spacial score (nSPS) is 11.0. The highest BCUT2D eigenvalue weighted by atomic mass is 15.0. The molecule has 0 aliphatic heterocycles. The molecule has 2 aromatic heterocycles. The van der Waals surface area contributed by atoms with Crippen LogP contribution in [0.4, 0.5) is 0 Å². The van der Waals surface area contributed by atoms with Gasteiger partial charge in [-0.25, -0.2) is 19.9 Å². The monoisotopic (exact) mass is 690 g/mol. The van der Waals surface area contributed by atoms with Crippen molar-refractivity contribution in [1.29, 1.82) is 0 Å². The van der Waals surface area contributed by atoms with E-state index in [1.165, 1.54) is 0 Å². The Labute approximate surface area is 315 Å². The summed E-state index contributed by atoms with van der Waals surface area (Å²) in [6.07, 6.45) is 0. The zero-order chi connectivity index (χ0) is 36.1. The van der Waals surface area contributed by atoms with Crippen molar-refractivity contribution in [2.75, 3.05) is 0 Å². The summed E-state index contributed by atoms with van der Waals surface area (Å²) < 4.78 is 0. The third kappa shape index (κ3) is 6.97. The number of aromatic nitrogens is 4. The molecular formula is C50H34N4. The van der Waals surface area contributed by atoms with Crippen molar-refractivity contribution in [3.8, 4) is 90.1 Å². The van der Waals surface area contributed by atoms with E-state index in [-0.39, 0.29) is 0 Å². The predicted octanol–water partition coefficient (Wildman–Crippen LogP) is 12.6. The van der Waals surface area contributed by atoms with Gasteiger partial charge in [0.1, 0.15) is 0 Å². The van der Waals surface area contributed by atoms with E-state index in [2.05, 4.69) is 152 Å². The molecule has 0 aliphatic carbocycles. The number of nitrogens with zero attached hydrogens (tertiary/aromatic N) is 4. The maximum atomic E-state index is 5.17. The Morgan fingerprint density at radius 1 is 0.185 bits per heavy atom. The molecular weight excluding hydrogens is 657 g/mol. The first-order chi connectivity index (χ1) is 26.7. The lowest BCUT2D eigenvalue weighted by Gasteiger charge is -2.14. The second-order valence-electron chi connectivity index (χ2n) is 13.1. The molecule has 0 aliphatic rings. The molecule has 2 heterocycles. The quantitative estimate of drug-likeness (QED) is 0.159. The molecule has 4 nitrogen and oxygen atoms in total. The molecule has 0 unspecified atom stereocenters. The molecule has 9 rings (SSSR count). The van der Waals surface area contributed by atoms with Gasteiger partial charge in [-0.05, 0) is 63.7 Å². The Morgan fingerprint density at radius 3 is 0.926 bits per heavy atom. The summed E-state index contributed by atoms with van der Waals surface area (Å²) in [6.45, 7) is 0. The highest BCUT2D eigenvalue weighted by Gasteiger charge is 2.16. The van der Waals surface area contributed by atoms with Gasteiger partial charge in [-0.3, -0.25) is 0 Å². The van der Waals surface area contributed by atoms with Crippen molar-refractivity contribution in [2.24, 2.45) is 0 Å². The van der Waals surface area contributed by atoms with Crippen molar-refractivity contribution >= 4 is 0 Å². The van der Waals surface area contributed by atoms with E-state index >= 15 is 0 Å². The van der Waals surface area contributed by atoms with Crippen LogP contribution in [-0.4, -0.2) is 19.9 Å². The summed E-state index contributed by atoms with van der Waals surface area (Å²) in [4.78, 5) is 20.5. The number of rotatable bonds is 8. The zero-order valence-electron chi connectivity index (χ0n) is 29.4. The highest BCUT2D eigenvalue weighted by Crippen LogP contribution is 2.36. The lowest BCUT2D eigenvalue weighted by molar-refractivity contribution is 1.07. The van der Waals surface area contributed by atoms with Crippen LogP contribution in [-0.2, 0) is 0 Å².